The van der Waals surface area contributed by atoms with Crippen molar-refractivity contribution in [3.05, 3.63) is 47.8 Å². The Labute approximate surface area is 206 Å². The first-order valence-electron chi connectivity index (χ1n) is 12.2. The van der Waals surface area contributed by atoms with Gasteiger partial charge in [0, 0.05) is 64.1 Å². The summed E-state index contributed by atoms with van der Waals surface area (Å²) in [5, 5.41) is 0. The lowest BCUT2D eigenvalue weighted by Crippen LogP contribution is -2.48. The van der Waals surface area contributed by atoms with Crippen LogP contribution >= 0.6 is 0 Å². The van der Waals surface area contributed by atoms with E-state index in [1.807, 2.05) is 65.8 Å². The summed E-state index contributed by atoms with van der Waals surface area (Å²) in [6.07, 6.45) is 3.59. The van der Waals surface area contributed by atoms with Gasteiger partial charge >= 0.3 is 17.6 Å². The largest absolute Gasteiger partial charge is 0.505 e. The minimum absolute atomic E-state index is 0.541. The number of nitrogens with zero attached hydrogens (tertiary/aromatic N) is 2. The summed E-state index contributed by atoms with van der Waals surface area (Å²) < 4.78 is 36.1. The Morgan fingerprint density at radius 2 is 0.824 bits per heavy atom. The fourth-order valence-electron chi connectivity index (χ4n) is 3.82. The molecule has 2 heterocycles. The molecule has 0 bridgehead atoms. The van der Waals surface area contributed by atoms with Crippen molar-refractivity contribution in [1.29, 1.82) is 0 Å². The molecule has 0 fully saturated rings. The van der Waals surface area contributed by atoms with Crippen LogP contribution in [0, 0.1) is 0 Å². The van der Waals surface area contributed by atoms with Crippen LogP contribution in [0.4, 0.5) is 0 Å². The standard InChI is InChI=1S/C24H40N2O6Si2/c1-7-27-33(28-8-2,29-9-3)19-21-13-15-25-23(17-21)24-18-22(14-16-26-24)20-34(30-10-4,31-11-5)32-12-6/h13-18H,7-12,19-20H2,1-6H3. The zero-order chi connectivity index (χ0) is 24.9. The number of pyridine rings is 2. The van der Waals surface area contributed by atoms with Crippen LogP contribution in [0.3, 0.4) is 0 Å². The van der Waals surface area contributed by atoms with E-state index >= 15 is 0 Å². The van der Waals surface area contributed by atoms with Crippen molar-refractivity contribution < 1.29 is 26.6 Å². The van der Waals surface area contributed by atoms with Gasteiger partial charge in [-0.05, 0) is 76.9 Å². The van der Waals surface area contributed by atoms with Gasteiger partial charge in [-0.1, -0.05) is 0 Å². The van der Waals surface area contributed by atoms with Crippen molar-refractivity contribution >= 4 is 17.6 Å². The highest BCUT2D eigenvalue weighted by Crippen LogP contribution is 2.23. The Morgan fingerprint density at radius 1 is 0.529 bits per heavy atom. The summed E-state index contributed by atoms with van der Waals surface area (Å²) in [6, 6.07) is 9.17. The molecule has 0 N–H and O–H groups in total. The van der Waals surface area contributed by atoms with Gasteiger partial charge in [0.2, 0.25) is 0 Å². The second kappa shape index (κ2) is 14.8. The maximum Gasteiger partial charge on any atom is 0.505 e. The molecule has 0 saturated heterocycles. The van der Waals surface area contributed by atoms with Gasteiger partial charge in [-0.15, -0.1) is 0 Å². The van der Waals surface area contributed by atoms with Gasteiger partial charge in [0.1, 0.15) is 0 Å². The average Bonchev–Trinajstić information content (AvgIpc) is 2.80. The summed E-state index contributed by atoms with van der Waals surface area (Å²) in [7, 11) is -5.65. The molecule has 2 aromatic heterocycles. The topological polar surface area (TPSA) is 81.2 Å². The molecule has 0 amide bonds. The van der Waals surface area contributed by atoms with Crippen LogP contribution in [0.5, 0.6) is 0 Å². The number of aromatic nitrogens is 2. The summed E-state index contributed by atoms with van der Waals surface area (Å²) >= 11 is 0. The maximum atomic E-state index is 6.02. The van der Waals surface area contributed by atoms with Crippen LogP contribution in [-0.2, 0) is 38.6 Å². The minimum Gasteiger partial charge on any atom is -0.374 e. The summed E-state index contributed by atoms with van der Waals surface area (Å²) in [6.45, 7) is 15.0. The number of hydrogen-bond acceptors (Lipinski definition) is 8. The van der Waals surface area contributed by atoms with Gasteiger partial charge in [-0.2, -0.15) is 0 Å². The lowest BCUT2D eigenvalue weighted by Gasteiger charge is -2.28. The molecule has 0 aliphatic carbocycles. The van der Waals surface area contributed by atoms with Gasteiger partial charge in [-0.3, -0.25) is 9.97 Å². The third kappa shape index (κ3) is 8.31. The monoisotopic (exact) mass is 508 g/mol. The van der Waals surface area contributed by atoms with Gasteiger partial charge in [-0.25, -0.2) is 0 Å². The molecule has 0 aromatic carbocycles. The molecule has 0 saturated carbocycles. The van der Waals surface area contributed by atoms with E-state index in [1.54, 1.807) is 12.4 Å². The predicted molar refractivity (Wildman–Crippen MR) is 136 cm³/mol. The van der Waals surface area contributed by atoms with E-state index in [9.17, 15) is 0 Å². The lowest BCUT2D eigenvalue weighted by molar-refractivity contribution is 0.0695. The smallest absolute Gasteiger partial charge is 0.374 e. The van der Waals surface area contributed by atoms with E-state index in [1.165, 1.54) is 0 Å². The molecule has 0 unspecified atom stereocenters. The molecule has 2 aromatic rings. The molecule has 0 spiro atoms. The molecule has 190 valence electrons. The normalized spacial score (nSPS) is 12.3. The molecule has 8 nitrogen and oxygen atoms in total. The van der Waals surface area contributed by atoms with Gasteiger partial charge in [0.15, 0.2) is 0 Å². The summed E-state index contributed by atoms with van der Waals surface area (Å²) in [5.41, 5.74) is 3.65. The van der Waals surface area contributed by atoms with E-state index in [0.717, 1.165) is 22.5 Å². The Balaban J connectivity index is 2.32. The van der Waals surface area contributed by atoms with E-state index in [2.05, 4.69) is 9.97 Å². The molecule has 0 aliphatic heterocycles. The van der Waals surface area contributed by atoms with Crippen LogP contribution in [-0.4, -0.2) is 67.2 Å². The molecule has 10 heteroatoms. The lowest BCUT2D eigenvalue weighted by atomic mass is 10.1. The molecule has 0 atom stereocenters. The van der Waals surface area contributed by atoms with Gasteiger partial charge in [0.25, 0.3) is 0 Å². The highest BCUT2D eigenvalue weighted by molar-refractivity contribution is 6.60. The molecular weight excluding hydrogens is 468 g/mol. The van der Waals surface area contributed by atoms with Crippen molar-refractivity contribution in [2.24, 2.45) is 0 Å². The first-order valence-corrected chi connectivity index (χ1v) is 16.1. The van der Waals surface area contributed by atoms with E-state index in [0.29, 0.717) is 51.7 Å². The van der Waals surface area contributed by atoms with Crippen LogP contribution in [0.2, 0.25) is 0 Å². The Hall–Kier alpha value is -1.51. The van der Waals surface area contributed by atoms with Crippen molar-refractivity contribution in [3.63, 3.8) is 0 Å². The van der Waals surface area contributed by atoms with Crippen LogP contribution < -0.4 is 0 Å². The average molecular weight is 509 g/mol. The minimum atomic E-state index is -2.82. The highest BCUT2D eigenvalue weighted by Gasteiger charge is 2.41. The SMILES string of the molecule is CCO[Si](Cc1ccnc(-c2cc(C[Si](OCC)(OCC)OCC)ccn2)c1)(OCC)OCC. The van der Waals surface area contributed by atoms with E-state index < -0.39 is 17.6 Å². The second-order valence-electron chi connectivity index (χ2n) is 7.42. The van der Waals surface area contributed by atoms with Crippen LogP contribution in [0.15, 0.2) is 36.7 Å². The highest BCUT2D eigenvalue weighted by atomic mass is 28.4. The zero-order valence-corrected chi connectivity index (χ0v) is 23.5. The summed E-state index contributed by atoms with van der Waals surface area (Å²) in [5.74, 6) is 0. The number of hydrogen-bond donors (Lipinski definition) is 0. The molecule has 2 rings (SSSR count). The van der Waals surface area contributed by atoms with E-state index in [4.69, 9.17) is 26.6 Å². The van der Waals surface area contributed by atoms with Crippen molar-refractivity contribution in [3.8, 4) is 11.4 Å². The molecule has 0 radical (unpaired) electrons. The Bertz CT molecular complexity index is 754. The fraction of sp³-hybridized carbons (Fsp3) is 0.583. The Kier molecular flexibility index (Phi) is 12.5. The third-order valence-corrected chi connectivity index (χ3v) is 11.0. The quantitative estimate of drug-likeness (QED) is 0.291. The van der Waals surface area contributed by atoms with Crippen molar-refractivity contribution in [2.75, 3.05) is 39.6 Å². The second-order valence-corrected chi connectivity index (χ2v) is 12.6. The number of rotatable bonds is 17. The molecular formula is C24H40N2O6Si2. The predicted octanol–water partition coefficient (Wildman–Crippen LogP) is 4.40. The fourth-order valence-corrected chi connectivity index (χ4v) is 9.02. The van der Waals surface area contributed by atoms with E-state index in [-0.39, 0.29) is 0 Å². The maximum absolute atomic E-state index is 6.02. The van der Waals surface area contributed by atoms with Gasteiger partial charge in [0.05, 0.1) is 11.4 Å². The van der Waals surface area contributed by atoms with Crippen molar-refractivity contribution in [2.45, 2.75) is 53.6 Å². The first kappa shape index (κ1) is 28.7. The Morgan fingerprint density at radius 3 is 1.09 bits per heavy atom. The van der Waals surface area contributed by atoms with Gasteiger partial charge < -0.3 is 26.6 Å². The zero-order valence-electron chi connectivity index (χ0n) is 21.5. The first-order chi connectivity index (χ1) is 16.5. The van der Waals surface area contributed by atoms with Crippen LogP contribution in [0.1, 0.15) is 52.7 Å². The summed E-state index contributed by atoms with van der Waals surface area (Å²) in [4.78, 5) is 9.14. The van der Waals surface area contributed by atoms with Crippen molar-refractivity contribution in [1.82, 2.24) is 9.97 Å². The molecule has 34 heavy (non-hydrogen) atoms. The molecule has 0 aliphatic rings. The third-order valence-electron chi connectivity index (χ3n) is 4.94. The van der Waals surface area contributed by atoms with Crippen LogP contribution in [0.25, 0.3) is 11.4 Å².